The number of thiazole rings is 1. The van der Waals surface area contributed by atoms with Crippen molar-refractivity contribution in [2.45, 2.75) is 53.1 Å². The second-order valence-corrected chi connectivity index (χ2v) is 8.77. The number of aromatic nitrogens is 1. The topological polar surface area (TPSA) is 78.9 Å². The maximum absolute atomic E-state index is 12.1. The number of rotatable bonds is 7. The van der Waals surface area contributed by atoms with Gasteiger partial charge in [-0.3, -0.25) is 0 Å². The average Bonchev–Trinajstić information content (AvgIpc) is 3.14. The third kappa shape index (κ3) is 5.76. The molecule has 2 heterocycles. The van der Waals surface area contributed by atoms with Gasteiger partial charge in [0.25, 0.3) is 0 Å². The summed E-state index contributed by atoms with van der Waals surface area (Å²) in [6.07, 6.45) is 2.32. The lowest BCUT2D eigenvalue weighted by atomic mass is 10.00. The van der Waals surface area contributed by atoms with Crippen LogP contribution in [0.2, 0.25) is 0 Å². The number of aliphatic imine (C=N–C) groups is 1. The summed E-state index contributed by atoms with van der Waals surface area (Å²) < 4.78 is 5.13. The van der Waals surface area contributed by atoms with Crippen LogP contribution in [0.1, 0.15) is 64.7 Å². The van der Waals surface area contributed by atoms with Crippen molar-refractivity contribution in [2.75, 3.05) is 31.6 Å². The number of nitrogens with zero attached hydrogens (tertiary/aromatic N) is 3. The first-order chi connectivity index (χ1) is 14.9. The monoisotopic (exact) mass is 443 g/mol. The molecule has 3 rings (SSSR count). The number of guanidine groups is 1. The van der Waals surface area contributed by atoms with Crippen molar-refractivity contribution in [3.63, 3.8) is 0 Å². The van der Waals surface area contributed by atoms with Crippen LogP contribution in [0.4, 0.5) is 5.69 Å². The molecule has 0 aliphatic carbocycles. The van der Waals surface area contributed by atoms with Gasteiger partial charge < -0.3 is 20.3 Å². The predicted octanol–water partition coefficient (Wildman–Crippen LogP) is 3.83. The molecule has 1 aromatic heterocycles. The number of carbonyl (C=O) groups excluding carboxylic acids is 1. The van der Waals surface area contributed by atoms with Crippen molar-refractivity contribution >= 4 is 29.0 Å². The Morgan fingerprint density at radius 3 is 2.94 bits per heavy atom. The van der Waals surface area contributed by atoms with E-state index in [2.05, 4.69) is 45.8 Å². The molecule has 0 saturated carbocycles. The summed E-state index contributed by atoms with van der Waals surface area (Å²) in [7, 11) is 2.15. The fraction of sp³-hybridized carbons (Fsp3) is 0.522. The highest BCUT2D eigenvalue weighted by atomic mass is 32.1. The SMILES string of the molecule is CCNC(=NCc1ccc2c(c1)CCCN2C)NC(C)c1nc(C)c(C(=O)OCC)s1. The van der Waals surface area contributed by atoms with E-state index in [1.165, 1.54) is 34.6 Å². The molecular formula is C23H33N5O2S. The van der Waals surface area contributed by atoms with Crippen LogP contribution in [0.3, 0.4) is 0 Å². The summed E-state index contributed by atoms with van der Waals surface area (Å²) in [4.78, 5) is 24.3. The average molecular weight is 444 g/mol. The Morgan fingerprint density at radius 1 is 1.39 bits per heavy atom. The molecule has 8 heteroatoms. The van der Waals surface area contributed by atoms with Gasteiger partial charge in [-0.05, 0) is 57.7 Å². The molecule has 0 radical (unpaired) electrons. The summed E-state index contributed by atoms with van der Waals surface area (Å²) in [5.74, 6) is 0.421. The number of fused-ring (bicyclic) bond motifs is 1. The zero-order valence-electron chi connectivity index (χ0n) is 19.1. The van der Waals surface area contributed by atoms with Crippen LogP contribution in [0.15, 0.2) is 23.2 Å². The molecule has 7 nitrogen and oxygen atoms in total. The van der Waals surface area contributed by atoms with Gasteiger partial charge in [-0.15, -0.1) is 11.3 Å². The normalized spacial score (nSPS) is 14.7. The number of benzene rings is 1. The van der Waals surface area contributed by atoms with Crippen molar-refractivity contribution < 1.29 is 9.53 Å². The van der Waals surface area contributed by atoms with E-state index in [-0.39, 0.29) is 12.0 Å². The summed E-state index contributed by atoms with van der Waals surface area (Å²) in [5, 5.41) is 7.55. The third-order valence-electron chi connectivity index (χ3n) is 5.26. The number of carbonyl (C=O) groups is 1. The van der Waals surface area contributed by atoms with Gasteiger partial charge >= 0.3 is 5.97 Å². The first-order valence-corrected chi connectivity index (χ1v) is 11.8. The van der Waals surface area contributed by atoms with Gasteiger partial charge in [0.15, 0.2) is 5.96 Å². The Morgan fingerprint density at radius 2 is 2.19 bits per heavy atom. The van der Waals surface area contributed by atoms with E-state index >= 15 is 0 Å². The molecule has 1 atom stereocenters. The Hall–Kier alpha value is -2.61. The molecule has 0 fully saturated rings. The van der Waals surface area contributed by atoms with Crippen molar-refractivity contribution in [3.8, 4) is 0 Å². The summed E-state index contributed by atoms with van der Waals surface area (Å²) in [6.45, 7) is 10.5. The molecule has 1 aliphatic heterocycles. The lowest BCUT2D eigenvalue weighted by molar-refractivity contribution is 0.0531. The fourth-order valence-electron chi connectivity index (χ4n) is 3.68. The highest BCUT2D eigenvalue weighted by Gasteiger charge is 2.20. The molecule has 1 aromatic carbocycles. The van der Waals surface area contributed by atoms with E-state index in [1.54, 1.807) is 6.92 Å². The van der Waals surface area contributed by atoms with E-state index in [9.17, 15) is 4.79 Å². The zero-order chi connectivity index (χ0) is 22.4. The second-order valence-electron chi connectivity index (χ2n) is 7.74. The smallest absolute Gasteiger partial charge is 0.350 e. The molecular weight excluding hydrogens is 410 g/mol. The van der Waals surface area contributed by atoms with Gasteiger partial charge in [0.05, 0.1) is 24.9 Å². The molecule has 0 bridgehead atoms. The van der Waals surface area contributed by atoms with Crippen molar-refractivity contribution in [2.24, 2.45) is 4.99 Å². The standard InChI is InChI=1S/C23H33N5O2S/c1-6-24-23(25-14-17-10-11-19-18(13-17)9-8-12-28(19)5)27-16(4)21-26-15(3)20(31-21)22(29)30-7-2/h10-11,13,16H,6-9,12,14H2,1-5H3,(H2,24,25,27). The molecule has 1 unspecified atom stereocenters. The maximum atomic E-state index is 12.1. The van der Waals surface area contributed by atoms with Gasteiger partial charge in [0.1, 0.15) is 9.88 Å². The van der Waals surface area contributed by atoms with Crippen molar-refractivity contribution in [1.29, 1.82) is 0 Å². The van der Waals surface area contributed by atoms with Crippen LogP contribution in [0.25, 0.3) is 0 Å². The predicted molar refractivity (Wildman–Crippen MR) is 127 cm³/mol. The number of hydrogen-bond acceptors (Lipinski definition) is 6. The first-order valence-electron chi connectivity index (χ1n) is 10.9. The van der Waals surface area contributed by atoms with Gasteiger partial charge in [-0.25, -0.2) is 14.8 Å². The van der Waals surface area contributed by atoms with Crippen LogP contribution >= 0.6 is 11.3 Å². The molecule has 2 N–H and O–H groups in total. The van der Waals surface area contributed by atoms with E-state index in [4.69, 9.17) is 9.73 Å². The van der Waals surface area contributed by atoms with Crippen LogP contribution < -0.4 is 15.5 Å². The Bertz CT molecular complexity index is 940. The number of anilines is 1. The van der Waals surface area contributed by atoms with Crippen LogP contribution in [0.5, 0.6) is 0 Å². The lowest BCUT2D eigenvalue weighted by Crippen LogP contribution is -2.38. The number of aryl methyl sites for hydroxylation is 2. The molecule has 168 valence electrons. The quantitative estimate of drug-likeness (QED) is 0.385. The Kier molecular flexibility index (Phi) is 7.90. The van der Waals surface area contributed by atoms with E-state index in [1.807, 2.05) is 20.8 Å². The molecule has 31 heavy (non-hydrogen) atoms. The van der Waals surface area contributed by atoms with Gasteiger partial charge in [-0.2, -0.15) is 0 Å². The maximum Gasteiger partial charge on any atom is 0.350 e. The highest BCUT2D eigenvalue weighted by Crippen LogP contribution is 2.27. The van der Waals surface area contributed by atoms with Crippen LogP contribution in [-0.2, 0) is 17.7 Å². The van der Waals surface area contributed by atoms with E-state index < -0.39 is 0 Å². The van der Waals surface area contributed by atoms with Crippen molar-refractivity contribution in [1.82, 2.24) is 15.6 Å². The molecule has 0 spiro atoms. The van der Waals surface area contributed by atoms with Crippen molar-refractivity contribution in [3.05, 3.63) is 44.9 Å². The summed E-state index contributed by atoms with van der Waals surface area (Å²) >= 11 is 1.37. The van der Waals surface area contributed by atoms with Gasteiger partial charge in [0, 0.05) is 25.8 Å². The number of nitrogens with one attached hydrogen (secondary N) is 2. The number of esters is 1. The second kappa shape index (κ2) is 10.6. The Balaban J connectivity index is 1.70. The lowest BCUT2D eigenvalue weighted by Gasteiger charge is -2.27. The molecule has 0 saturated heterocycles. The minimum Gasteiger partial charge on any atom is -0.462 e. The highest BCUT2D eigenvalue weighted by molar-refractivity contribution is 7.13. The van der Waals surface area contributed by atoms with Crippen LogP contribution in [0, 0.1) is 6.92 Å². The fourth-order valence-corrected chi connectivity index (χ4v) is 4.65. The minimum atomic E-state index is -0.311. The number of hydrogen-bond donors (Lipinski definition) is 2. The number of ether oxygens (including phenoxy) is 1. The molecule has 2 aromatic rings. The first kappa shape index (κ1) is 23.1. The van der Waals surface area contributed by atoms with E-state index in [0.29, 0.717) is 23.7 Å². The van der Waals surface area contributed by atoms with Gasteiger partial charge in [0.2, 0.25) is 0 Å². The molecule has 0 amide bonds. The largest absolute Gasteiger partial charge is 0.462 e. The Labute approximate surface area is 188 Å². The molecule has 1 aliphatic rings. The third-order valence-corrected chi connectivity index (χ3v) is 6.58. The van der Waals surface area contributed by atoms with E-state index in [0.717, 1.165) is 30.5 Å². The minimum absolute atomic E-state index is 0.0816. The van der Waals surface area contributed by atoms with Gasteiger partial charge in [-0.1, -0.05) is 12.1 Å². The summed E-state index contributed by atoms with van der Waals surface area (Å²) in [6, 6.07) is 6.56. The summed E-state index contributed by atoms with van der Waals surface area (Å²) in [5.41, 5.74) is 4.63. The zero-order valence-corrected chi connectivity index (χ0v) is 19.9. The van der Waals surface area contributed by atoms with Crippen LogP contribution in [-0.4, -0.2) is 43.7 Å².